The normalized spacial score (nSPS) is 20.4. The Morgan fingerprint density at radius 1 is 1.25 bits per heavy atom. The van der Waals surface area contributed by atoms with Gasteiger partial charge in [0.25, 0.3) is 0 Å². The SMILES string of the molecule is O=C(Nc1ccccc1Cl)C1CN(S(=O)(=O)C2CC2)C1. The standard InChI is InChI=1S/C13H15ClN2O3S/c14-11-3-1-2-4-12(11)15-13(17)9-7-16(8-9)20(18,19)10-5-6-10/h1-4,9-10H,5-8H2,(H,15,17). The third-order valence-corrected chi connectivity index (χ3v) is 6.32. The third-order valence-electron chi connectivity index (χ3n) is 3.66. The number of halogens is 1. The maximum atomic E-state index is 12.0. The van der Waals surface area contributed by atoms with Crippen LogP contribution in [0.2, 0.25) is 5.02 Å². The van der Waals surface area contributed by atoms with Crippen LogP contribution in [0.25, 0.3) is 0 Å². The van der Waals surface area contributed by atoms with Gasteiger partial charge in [0.15, 0.2) is 0 Å². The number of nitrogens with one attached hydrogen (secondary N) is 1. The van der Waals surface area contributed by atoms with E-state index in [4.69, 9.17) is 11.6 Å². The molecule has 2 fully saturated rings. The predicted octanol–water partition coefficient (Wildman–Crippen LogP) is 1.70. The monoisotopic (exact) mass is 314 g/mol. The second-order valence-electron chi connectivity index (χ2n) is 5.23. The van der Waals surface area contributed by atoms with Crippen molar-refractivity contribution >= 4 is 33.2 Å². The Kier molecular flexibility index (Phi) is 3.48. The van der Waals surface area contributed by atoms with E-state index in [2.05, 4.69) is 5.32 Å². The molecule has 1 aliphatic carbocycles. The zero-order valence-corrected chi connectivity index (χ0v) is 12.3. The summed E-state index contributed by atoms with van der Waals surface area (Å²) in [6.07, 6.45) is 1.49. The van der Waals surface area contributed by atoms with Gasteiger partial charge < -0.3 is 5.32 Å². The highest BCUT2D eigenvalue weighted by Crippen LogP contribution is 2.34. The average Bonchev–Trinajstić information content (AvgIpc) is 3.13. The predicted molar refractivity (Wildman–Crippen MR) is 77.1 cm³/mol. The Bertz CT molecular complexity index is 637. The summed E-state index contributed by atoms with van der Waals surface area (Å²) in [5, 5.41) is 3.00. The van der Waals surface area contributed by atoms with E-state index in [1.165, 1.54) is 4.31 Å². The minimum atomic E-state index is -3.15. The molecular formula is C13H15ClN2O3S. The zero-order chi connectivity index (χ0) is 14.3. The summed E-state index contributed by atoms with van der Waals surface area (Å²) in [6.45, 7) is 0.546. The van der Waals surface area contributed by atoms with Gasteiger partial charge in [0.1, 0.15) is 0 Å². The molecule has 1 N–H and O–H groups in total. The van der Waals surface area contributed by atoms with E-state index < -0.39 is 10.0 Å². The van der Waals surface area contributed by atoms with Crippen LogP contribution in [0.1, 0.15) is 12.8 Å². The van der Waals surface area contributed by atoms with E-state index in [9.17, 15) is 13.2 Å². The lowest BCUT2D eigenvalue weighted by Crippen LogP contribution is -2.55. The van der Waals surface area contributed by atoms with Gasteiger partial charge in [-0.05, 0) is 25.0 Å². The van der Waals surface area contributed by atoms with Gasteiger partial charge >= 0.3 is 0 Å². The lowest BCUT2D eigenvalue weighted by molar-refractivity contribution is -0.122. The second kappa shape index (κ2) is 5.02. The van der Waals surface area contributed by atoms with Crippen molar-refractivity contribution in [3.05, 3.63) is 29.3 Å². The fourth-order valence-electron chi connectivity index (χ4n) is 2.19. The van der Waals surface area contributed by atoms with Gasteiger partial charge in [0.2, 0.25) is 15.9 Å². The molecule has 3 rings (SSSR count). The minimum Gasteiger partial charge on any atom is -0.324 e. The van der Waals surface area contributed by atoms with Crippen molar-refractivity contribution < 1.29 is 13.2 Å². The molecule has 108 valence electrons. The Morgan fingerprint density at radius 3 is 2.50 bits per heavy atom. The zero-order valence-electron chi connectivity index (χ0n) is 10.8. The van der Waals surface area contributed by atoms with Crippen LogP contribution in [0.4, 0.5) is 5.69 Å². The molecule has 5 nitrogen and oxygen atoms in total. The molecule has 1 saturated carbocycles. The van der Waals surface area contributed by atoms with E-state index in [0.29, 0.717) is 10.7 Å². The van der Waals surface area contributed by atoms with Gasteiger partial charge in [-0.3, -0.25) is 4.79 Å². The van der Waals surface area contributed by atoms with Crippen molar-refractivity contribution in [1.29, 1.82) is 0 Å². The van der Waals surface area contributed by atoms with Crippen LogP contribution < -0.4 is 5.32 Å². The van der Waals surface area contributed by atoms with Crippen molar-refractivity contribution in [2.45, 2.75) is 18.1 Å². The molecular weight excluding hydrogens is 300 g/mol. The first-order valence-electron chi connectivity index (χ1n) is 6.53. The summed E-state index contributed by atoms with van der Waals surface area (Å²) in [7, 11) is -3.15. The Labute approximate surface area is 123 Å². The molecule has 0 atom stereocenters. The lowest BCUT2D eigenvalue weighted by atomic mass is 10.0. The third kappa shape index (κ3) is 2.55. The summed E-state index contributed by atoms with van der Waals surface area (Å²) >= 11 is 5.96. The molecule has 1 aliphatic heterocycles. The van der Waals surface area contributed by atoms with Gasteiger partial charge in [-0.25, -0.2) is 8.42 Å². The number of carbonyl (C=O) groups is 1. The largest absolute Gasteiger partial charge is 0.324 e. The van der Waals surface area contributed by atoms with Crippen LogP contribution in [0.15, 0.2) is 24.3 Å². The Balaban J connectivity index is 1.57. The highest BCUT2D eigenvalue weighted by Gasteiger charge is 2.46. The second-order valence-corrected chi connectivity index (χ2v) is 7.85. The van der Waals surface area contributed by atoms with Gasteiger partial charge in [0, 0.05) is 13.1 Å². The highest BCUT2D eigenvalue weighted by molar-refractivity contribution is 7.90. The number of para-hydroxylation sites is 1. The van der Waals surface area contributed by atoms with Crippen LogP contribution in [-0.4, -0.2) is 37.0 Å². The molecule has 0 radical (unpaired) electrons. The number of rotatable bonds is 4. The number of anilines is 1. The molecule has 7 heteroatoms. The van der Waals surface area contributed by atoms with Crippen LogP contribution in [-0.2, 0) is 14.8 Å². The van der Waals surface area contributed by atoms with E-state index in [-0.39, 0.29) is 30.2 Å². The van der Waals surface area contributed by atoms with Gasteiger partial charge in [-0.1, -0.05) is 23.7 Å². The number of carbonyl (C=O) groups excluding carboxylic acids is 1. The maximum Gasteiger partial charge on any atom is 0.230 e. The summed E-state index contributed by atoms with van der Waals surface area (Å²) in [5.74, 6) is -0.472. The number of nitrogens with zero attached hydrogens (tertiary/aromatic N) is 1. The molecule has 1 heterocycles. The number of hydrogen-bond donors (Lipinski definition) is 1. The van der Waals surface area contributed by atoms with Gasteiger partial charge in [-0.15, -0.1) is 0 Å². The molecule has 0 unspecified atom stereocenters. The molecule has 0 bridgehead atoms. The van der Waals surface area contributed by atoms with Crippen LogP contribution in [0, 0.1) is 5.92 Å². The number of benzene rings is 1. The molecule has 1 amide bonds. The van der Waals surface area contributed by atoms with Crippen molar-refractivity contribution in [2.24, 2.45) is 5.92 Å². The Morgan fingerprint density at radius 2 is 1.90 bits per heavy atom. The highest BCUT2D eigenvalue weighted by atomic mass is 35.5. The fraction of sp³-hybridized carbons (Fsp3) is 0.462. The molecule has 0 aromatic heterocycles. The van der Waals surface area contributed by atoms with Crippen LogP contribution in [0.5, 0.6) is 0 Å². The quantitative estimate of drug-likeness (QED) is 0.920. The fourth-order valence-corrected chi connectivity index (χ4v) is 4.30. The first-order valence-corrected chi connectivity index (χ1v) is 8.41. The lowest BCUT2D eigenvalue weighted by Gasteiger charge is -2.37. The summed E-state index contributed by atoms with van der Waals surface area (Å²) in [4.78, 5) is 12.0. The molecule has 2 aliphatic rings. The van der Waals surface area contributed by atoms with E-state index in [0.717, 1.165) is 12.8 Å². The molecule has 1 saturated heterocycles. The number of hydrogen-bond acceptors (Lipinski definition) is 3. The maximum absolute atomic E-state index is 12.0. The van der Waals surface area contributed by atoms with Crippen LogP contribution in [0.3, 0.4) is 0 Å². The molecule has 0 spiro atoms. The van der Waals surface area contributed by atoms with E-state index in [1.807, 2.05) is 0 Å². The Hall–Kier alpha value is -1.11. The molecule has 1 aromatic carbocycles. The minimum absolute atomic E-state index is 0.180. The van der Waals surface area contributed by atoms with Gasteiger partial charge in [-0.2, -0.15) is 4.31 Å². The van der Waals surface area contributed by atoms with Crippen LogP contribution >= 0.6 is 11.6 Å². The summed E-state index contributed by atoms with van der Waals surface area (Å²) in [6, 6.07) is 6.98. The number of amides is 1. The number of sulfonamides is 1. The van der Waals surface area contributed by atoms with Crippen molar-refractivity contribution in [3.63, 3.8) is 0 Å². The van der Waals surface area contributed by atoms with Gasteiger partial charge in [0.05, 0.1) is 21.9 Å². The first kappa shape index (κ1) is 13.9. The topological polar surface area (TPSA) is 66.5 Å². The summed E-state index contributed by atoms with van der Waals surface area (Å²) in [5.41, 5.74) is 0.558. The van der Waals surface area contributed by atoms with Crippen molar-refractivity contribution in [2.75, 3.05) is 18.4 Å². The van der Waals surface area contributed by atoms with Crippen molar-refractivity contribution in [3.8, 4) is 0 Å². The van der Waals surface area contributed by atoms with E-state index in [1.54, 1.807) is 24.3 Å². The van der Waals surface area contributed by atoms with Crippen molar-refractivity contribution in [1.82, 2.24) is 4.31 Å². The van der Waals surface area contributed by atoms with E-state index >= 15 is 0 Å². The first-order chi connectivity index (χ1) is 9.48. The smallest absolute Gasteiger partial charge is 0.230 e. The molecule has 1 aromatic rings. The molecule has 20 heavy (non-hydrogen) atoms. The summed E-state index contributed by atoms with van der Waals surface area (Å²) < 4.78 is 25.3. The average molecular weight is 315 g/mol.